The molecule has 2 N–H and O–H groups in total. The minimum absolute atomic E-state index is 0.143. The number of hydrogen-bond acceptors (Lipinski definition) is 2. The Balaban J connectivity index is 2.28. The first kappa shape index (κ1) is 11.5. The first-order valence-corrected chi connectivity index (χ1v) is 4.91. The Morgan fingerprint density at radius 1 is 1.35 bits per heavy atom. The Hall–Kier alpha value is -1.95. The molecule has 1 aromatic heterocycles. The van der Waals surface area contributed by atoms with Gasteiger partial charge in [-0.1, -0.05) is 11.6 Å². The van der Waals surface area contributed by atoms with Gasteiger partial charge in [-0.15, -0.1) is 0 Å². The van der Waals surface area contributed by atoms with Crippen LogP contribution in [0.5, 0.6) is 0 Å². The van der Waals surface area contributed by atoms with E-state index >= 15 is 0 Å². The maximum Gasteiger partial charge on any atom is 0.261 e. The minimum atomic E-state index is -0.902. The molecule has 88 valence electrons. The summed E-state index contributed by atoms with van der Waals surface area (Å²) in [5.74, 6) is -2.43. The summed E-state index contributed by atoms with van der Waals surface area (Å²) in [6, 6.07) is 1.48. The monoisotopic (exact) mass is 257 g/mol. The van der Waals surface area contributed by atoms with Gasteiger partial charge in [-0.3, -0.25) is 10.1 Å². The average Bonchev–Trinajstić information content (AvgIpc) is 2.76. The second-order valence-electron chi connectivity index (χ2n) is 3.14. The highest BCUT2D eigenvalue weighted by Gasteiger charge is 2.16. The predicted molar refractivity (Wildman–Crippen MR) is 57.9 cm³/mol. The van der Waals surface area contributed by atoms with Gasteiger partial charge in [0.05, 0.1) is 10.6 Å². The van der Waals surface area contributed by atoms with Gasteiger partial charge in [-0.2, -0.15) is 0 Å². The maximum absolute atomic E-state index is 13.4. The highest BCUT2D eigenvalue weighted by molar-refractivity contribution is 6.30. The predicted octanol–water partition coefficient (Wildman–Crippen LogP) is 2.59. The number of H-pyrrole nitrogens is 1. The topological polar surface area (TPSA) is 57.8 Å². The Kier molecular flexibility index (Phi) is 3.06. The molecule has 0 saturated carbocycles. The molecule has 1 aromatic carbocycles. The van der Waals surface area contributed by atoms with Gasteiger partial charge in [-0.25, -0.2) is 13.8 Å². The fraction of sp³-hybridized carbons (Fsp3) is 0. The summed E-state index contributed by atoms with van der Waals surface area (Å²) in [7, 11) is 0. The SMILES string of the molecule is O=C(Nc1ncc[nH]1)c1cc(F)c(Cl)cc1F. The lowest BCUT2D eigenvalue weighted by atomic mass is 10.2. The van der Waals surface area contributed by atoms with Crippen LogP contribution in [0.15, 0.2) is 24.5 Å². The summed E-state index contributed by atoms with van der Waals surface area (Å²) in [5, 5.41) is 1.89. The highest BCUT2D eigenvalue weighted by atomic mass is 35.5. The summed E-state index contributed by atoms with van der Waals surface area (Å²) in [5.41, 5.74) is -0.441. The van der Waals surface area contributed by atoms with E-state index in [1.807, 2.05) is 0 Å². The molecule has 0 saturated heterocycles. The zero-order chi connectivity index (χ0) is 12.4. The van der Waals surface area contributed by atoms with Crippen LogP contribution in [-0.2, 0) is 0 Å². The molecule has 2 rings (SSSR count). The smallest absolute Gasteiger partial charge is 0.261 e. The zero-order valence-corrected chi connectivity index (χ0v) is 9.05. The van der Waals surface area contributed by atoms with Crippen molar-refractivity contribution in [2.24, 2.45) is 0 Å². The van der Waals surface area contributed by atoms with Crippen LogP contribution in [0.4, 0.5) is 14.7 Å². The number of nitrogens with zero attached hydrogens (tertiary/aromatic N) is 1. The molecule has 1 amide bonds. The minimum Gasteiger partial charge on any atom is -0.331 e. The van der Waals surface area contributed by atoms with Crippen molar-refractivity contribution in [1.82, 2.24) is 9.97 Å². The average molecular weight is 258 g/mol. The third-order valence-corrected chi connectivity index (χ3v) is 2.27. The lowest BCUT2D eigenvalue weighted by Crippen LogP contribution is -2.15. The van der Waals surface area contributed by atoms with Crippen LogP contribution in [0.25, 0.3) is 0 Å². The highest BCUT2D eigenvalue weighted by Crippen LogP contribution is 2.19. The largest absolute Gasteiger partial charge is 0.331 e. The van der Waals surface area contributed by atoms with Crippen molar-refractivity contribution in [3.8, 4) is 0 Å². The molecule has 0 aliphatic heterocycles. The number of imidazole rings is 1. The van der Waals surface area contributed by atoms with Crippen molar-refractivity contribution in [1.29, 1.82) is 0 Å². The molecule has 0 radical (unpaired) electrons. The van der Waals surface area contributed by atoms with E-state index in [1.165, 1.54) is 12.4 Å². The van der Waals surface area contributed by atoms with Crippen LogP contribution in [0.3, 0.4) is 0 Å². The van der Waals surface area contributed by atoms with E-state index in [4.69, 9.17) is 11.6 Å². The van der Waals surface area contributed by atoms with Crippen molar-refractivity contribution in [3.63, 3.8) is 0 Å². The zero-order valence-electron chi connectivity index (χ0n) is 8.30. The number of rotatable bonds is 2. The van der Waals surface area contributed by atoms with Gasteiger partial charge < -0.3 is 4.98 Å². The van der Waals surface area contributed by atoms with Gasteiger partial charge in [0.15, 0.2) is 0 Å². The molecule has 0 bridgehead atoms. The van der Waals surface area contributed by atoms with Crippen LogP contribution in [-0.4, -0.2) is 15.9 Å². The van der Waals surface area contributed by atoms with Crippen LogP contribution in [0, 0.1) is 11.6 Å². The van der Waals surface area contributed by atoms with E-state index in [0.29, 0.717) is 0 Å². The van der Waals surface area contributed by atoms with Gasteiger partial charge in [-0.05, 0) is 12.1 Å². The molecule has 0 aliphatic carbocycles. The fourth-order valence-electron chi connectivity index (χ4n) is 1.21. The number of halogens is 3. The third-order valence-electron chi connectivity index (χ3n) is 1.98. The number of aromatic amines is 1. The number of benzene rings is 1. The van der Waals surface area contributed by atoms with Crippen LogP contribution >= 0.6 is 11.6 Å². The Bertz CT molecular complexity index is 557. The molecule has 1 heterocycles. The van der Waals surface area contributed by atoms with Crippen molar-refractivity contribution in [2.75, 3.05) is 5.32 Å². The van der Waals surface area contributed by atoms with Crippen LogP contribution in [0.1, 0.15) is 10.4 Å². The summed E-state index contributed by atoms with van der Waals surface area (Å²) in [4.78, 5) is 17.9. The number of carbonyl (C=O) groups excluding carboxylic acids is 1. The number of amides is 1. The first-order valence-electron chi connectivity index (χ1n) is 4.53. The van der Waals surface area contributed by atoms with Crippen molar-refractivity contribution in [2.45, 2.75) is 0 Å². The van der Waals surface area contributed by atoms with Crippen molar-refractivity contribution >= 4 is 23.5 Å². The van der Waals surface area contributed by atoms with Gasteiger partial charge in [0.25, 0.3) is 5.91 Å². The lowest BCUT2D eigenvalue weighted by molar-refractivity contribution is 0.102. The Morgan fingerprint density at radius 3 is 2.76 bits per heavy atom. The molecule has 4 nitrogen and oxygen atoms in total. The molecule has 0 spiro atoms. The normalized spacial score (nSPS) is 10.3. The number of aromatic nitrogens is 2. The van der Waals surface area contributed by atoms with E-state index in [-0.39, 0.29) is 11.0 Å². The van der Waals surface area contributed by atoms with Gasteiger partial charge >= 0.3 is 0 Å². The summed E-state index contributed by atoms with van der Waals surface area (Å²) in [6.07, 6.45) is 2.89. The number of anilines is 1. The summed E-state index contributed by atoms with van der Waals surface area (Å²) >= 11 is 5.37. The summed E-state index contributed by atoms with van der Waals surface area (Å²) < 4.78 is 26.5. The molecule has 2 aromatic rings. The van der Waals surface area contributed by atoms with Crippen LogP contribution < -0.4 is 5.32 Å². The maximum atomic E-state index is 13.4. The standard InChI is InChI=1S/C10H6ClF2N3O/c11-6-4-7(12)5(3-8(6)13)9(17)16-10-14-1-2-15-10/h1-4H,(H2,14,15,16,17). The molecule has 0 fully saturated rings. The molecule has 17 heavy (non-hydrogen) atoms. The molecular weight excluding hydrogens is 252 g/mol. The van der Waals surface area contributed by atoms with Crippen LogP contribution in [0.2, 0.25) is 5.02 Å². The van der Waals surface area contributed by atoms with E-state index in [9.17, 15) is 13.6 Å². The van der Waals surface area contributed by atoms with E-state index in [1.54, 1.807) is 0 Å². The van der Waals surface area contributed by atoms with E-state index in [0.717, 1.165) is 12.1 Å². The van der Waals surface area contributed by atoms with E-state index in [2.05, 4.69) is 15.3 Å². The number of nitrogens with one attached hydrogen (secondary N) is 2. The number of hydrogen-bond donors (Lipinski definition) is 2. The Labute approximate surface area is 99.6 Å². The van der Waals surface area contributed by atoms with Crippen molar-refractivity contribution in [3.05, 3.63) is 46.7 Å². The second-order valence-corrected chi connectivity index (χ2v) is 3.55. The molecule has 0 unspecified atom stereocenters. The van der Waals surface area contributed by atoms with Gasteiger partial charge in [0.1, 0.15) is 11.6 Å². The van der Waals surface area contributed by atoms with Gasteiger partial charge in [0.2, 0.25) is 5.95 Å². The fourth-order valence-corrected chi connectivity index (χ4v) is 1.36. The lowest BCUT2D eigenvalue weighted by Gasteiger charge is -2.04. The van der Waals surface area contributed by atoms with E-state index < -0.39 is 23.1 Å². The molecule has 0 atom stereocenters. The van der Waals surface area contributed by atoms with Gasteiger partial charge in [0, 0.05) is 12.4 Å². The molecular formula is C10H6ClF2N3O. The molecule has 0 aliphatic rings. The Morgan fingerprint density at radius 2 is 2.12 bits per heavy atom. The first-order chi connectivity index (χ1) is 8.08. The third kappa shape index (κ3) is 2.42. The van der Waals surface area contributed by atoms with Crippen molar-refractivity contribution < 1.29 is 13.6 Å². The quantitative estimate of drug-likeness (QED) is 0.813. The second kappa shape index (κ2) is 4.50. The number of carbonyl (C=O) groups is 1. The molecule has 7 heteroatoms. The summed E-state index contributed by atoms with van der Waals surface area (Å²) in [6.45, 7) is 0.